The van der Waals surface area contributed by atoms with Crippen LogP contribution in [0.15, 0.2) is 45.9 Å². The van der Waals surface area contributed by atoms with Crippen LogP contribution in [0.4, 0.5) is 0 Å². The largest absolute Gasteiger partial charge is 0.249 e. The Bertz CT molecular complexity index is 440. The Hall–Kier alpha value is -0.740. The molecule has 0 aromatic carbocycles. The van der Waals surface area contributed by atoms with E-state index in [1.807, 2.05) is 30.5 Å². The number of pyridine rings is 2. The second-order valence-electron chi connectivity index (χ2n) is 2.74. The van der Waals surface area contributed by atoms with Gasteiger partial charge in [0.05, 0.1) is 0 Å². The van der Waals surface area contributed by atoms with Crippen LogP contribution < -0.4 is 0 Å². The van der Waals surface area contributed by atoms with Crippen LogP contribution >= 0.6 is 31.9 Å². The van der Waals surface area contributed by atoms with Crippen molar-refractivity contribution in [1.82, 2.24) is 9.97 Å². The third kappa shape index (κ3) is 2.19. The zero-order chi connectivity index (χ0) is 9.97. The summed E-state index contributed by atoms with van der Waals surface area (Å²) in [6.07, 6.45) is 3.59. The summed E-state index contributed by atoms with van der Waals surface area (Å²) in [6.45, 7) is 0. The summed E-state index contributed by atoms with van der Waals surface area (Å²) in [5, 5.41) is 0. The molecule has 0 fully saturated rings. The minimum absolute atomic E-state index is 0.831. The first-order valence-electron chi connectivity index (χ1n) is 3.99. The van der Waals surface area contributed by atoms with Gasteiger partial charge < -0.3 is 0 Å². The van der Waals surface area contributed by atoms with Crippen molar-refractivity contribution in [3.05, 3.63) is 45.9 Å². The maximum absolute atomic E-state index is 4.17. The van der Waals surface area contributed by atoms with E-state index in [2.05, 4.69) is 41.8 Å². The van der Waals surface area contributed by atoms with Crippen LogP contribution in [0, 0.1) is 0 Å². The highest BCUT2D eigenvalue weighted by Crippen LogP contribution is 2.21. The Morgan fingerprint density at radius 2 is 1.71 bits per heavy atom. The van der Waals surface area contributed by atoms with Gasteiger partial charge in [-0.05, 0) is 55.6 Å². The molecular weight excluding hydrogens is 308 g/mol. The molecule has 2 aromatic heterocycles. The molecule has 0 N–H and O–H groups in total. The average Bonchev–Trinajstić information content (AvgIpc) is 2.19. The van der Waals surface area contributed by atoms with E-state index in [1.165, 1.54) is 0 Å². The van der Waals surface area contributed by atoms with Gasteiger partial charge in [-0.3, -0.25) is 0 Å². The van der Waals surface area contributed by atoms with E-state index in [4.69, 9.17) is 0 Å². The highest BCUT2D eigenvalue weighted by Gasteiger charge is 1.98. The summed E-state index contributed by atoms with van der Waals surface area (Å²) >= 11 is 6.63. The van der Waals surface area contributed by atoms with E-state index in [9.17, 15) is 0 Å². The topological polar surface area (TPSA) is 25.8 Å². The molecule has 0 spiro atoms. The number of aromatic nitrogens is 2. The molecule has 0 bridgehead atoms. The molecule has 2 aromatic rings. The van der Waals surface area contributed by atoms with E-state index in [0.717, 1.165) is 20.3 Å². The van der Waals surface area contributed by atoms with Crippen molar-refractivity contribution in [2.75, 3.05) is 0 Å². The zero-order valence-corrected chi connectivity index (χ0v) is 10.3. The normalized spacial score (nSPS) is 10.1. The van der Waals surface area contributed by atoms with Crippen molar-refractivity contribution < 1.29 is 0 Å². The van der Waals surface area contributed by atoms with Gasteiger partial charge in [-0.1, -0.05) is 6.07 Å². The fraction of sp³-hybridized carbons (Fsp3) is 0. The smallest absolute Gasteiger partial charge is 0.106 e. The maximum atomic E-state index is 4.17. The second-order valence-corrected chi connectivity index (χ2v) is 4.36. The third-order valence-electron chi connectivity index (χ3n) is 1.79. The first-order chi connectivity index (χ1) is 6.75. The van der Waals surface area contributed by atoms with Gasteiger partial charge in [0.1, 0.15) is 9.21 Å². The lowest BCUT2D eigenvalue weighted by Crippen LogP contribution is -1.82. The fourth-order valence-electron chi connectivity index (χ4n) is 1.13. The van der Waals surface area contributed by atoms with Gasteiger partial charge in [-0.2, -0.15) is 0 Å². The summed E-state index contributed by atoms with van der Waals surface area (Å²) in [4.78, 5) is 8.24. The van der Waals surface area contributed by atoms with Crippen LogP contribution in [0.25, 0.3) is 11.1 Å². The van der Waals surface area contributed by atoms with Crippen LogP contribution in [0.3, 0.4) is 0 Å². The minimum atomic E-state index is 0.831. The summed E-state index contributed by atoms with van der Waals surface area (Å²) in [5.74, 6) is 0. The molecule has 14 heavy (non-hydrogen) atoms. The van der Waals surface area contributed by atoms with Gasteiger partial charge in [0.2, 0.25) is 0 Å². The average molecular weight is 314 g/mol. The number of hydrogen-bond donors (Lipinski definition) is 0. The molecule has 0 aliphatic heterocycles. The van der Waals surface area contributed by atoms with Crippen LogP contribution in [-0.4, -0.2) is 9.97 Å². The van der Waals surface area contributed by atoms with Crippen molar-refractivity contribution in [2.45, 2.75) is 0 Å². The van der Waals surface area contributed by atoms with Crippen LogP contribution in [0.2, 0.25) is 0 Å². The van der Waals surface area contributed by atoms with Crippen molar-refractivity contribution in [3.8, 4) is 11.1 Å². The van der Waals surface area contributed by atoms with Gasteiger partial charge in [0, 0.05) is 18.0 Å². The molecule has 0 aliphatic carbocycles. The summed E-state index contributed by atoms with van der Waals surface area (Å²) in [6, 6.07) is 7.85. The third-order valence-corrected chi connectivity index (χ3v) is 2.69. The lowest BCUT2D eigenvalue weighted by molar-refractivity contribution is 1.25. The highest BCUT2D eigenvalue weighted by atomic mass is 79.9. The molecule has 2 rings (SSSR count). The molecular formula is C10H6Br2N2. The summed E-state index contributed by atoms with van der Waals surface area (Å²) < 4.78 is 1.67. The Labute approximate surface area is 98.7 Å². The number of halogens is 2. The number of hydrogen-bond acceptors (Lipinski definition) is 2. The van der Waals surface area contributed by atoms with Crippen LogP contribution in [0.5, 0.6) is 0 Å². The van der Waals surface area contributed by atoms with Gasteiger partial charge in [0.15, 0.2) is 0 Å². The van der Waals surface area contributed by atoms with Crippen molar-refractivity contribution in [2.24, 2.45) is 0 Å². The Balaban J connectivity index is 2.44. The van der Waals surface area contributed by atoms with Gasteiger partial charge in [-0.15, -0.1) is 0 Å². The molecule has 2 nitrogen and oxygen atoms in total. The SMILES string of the molecule is Brc1ccc(-c2ccnc(Br)c2)cn1. The highest BCUT2D eigenvalue weighted by molar-refractivity contribution is 9.10. The quantitative estimate of drug-likeness (QED) is 0.751. The van der Waals surface area contributed by atoms with E-state index in [0.29, 0.717) is 0 Å². The lowest BCUT2D eigenvalue weighted by Gasteiger charge is -2.00. The van der Waals surface area contributed by atoms with E-state index in [-0.39, 0.29) is 0 Å². The molecule has 0 amide bonds. The van der Waals surface area contributed by atoms with Crippen molar-refractivity contribution in [1.29, 1.82) is 0 Å². The molecule has 2 heterocycles. The van der Waals surface area contributed by atoms with Gasteiger partial charge >= 0.3 is 0 Å². The predicted octanol–water partition coefficient (Wildman–Crippen LogP) is 3.67. The van der Waals surface area contributed by atoms with Gasteiger partial charge in [0.25, 0.3) is 0 Å². The Morgan fingerprint density at radius 1 is 0.857 bits per heavy atom. The second kappa shape index (κ2) is 4.19. The zero-order valence-electron chi connectivity index (χ0n) is 7.11. The molecule has 0 radical (unpaired) electrons. The van der Waals surface area contributed by atoms with Crippen molar-refractivity contribution >= 4 is 31.9 Å². The first-order valence-corrected chi connectivity index (χ1v) is 5.58. The minimum Gasteiger partial charge on any atom is -0.249 e. The number of rotatable bonds is 1. The van der Waals surface area contributed by atoms with Crippen molar-refractivity contribution in [3.63, 3.8) is 0 Å². The first kappa shape index (κ1) is 9.80. The Morgan fingerprint density at radius 3 is 2.36 bits per heavy atom. The maximum Gasteiger partial charge on any atom is 0.106 e. The summed E-state index contributed by atoms with van der Waals surface area (Å²) in [5.41, 5.74) is 2.18. The standard InChI is InChI=1S/C10H6Br2N2/c11-9-2-1-8(6-14-9)7-3-4-13-10(12)5-7/h1-6H. The summed E-state index contributed by atoms with van der Waals surface area (Å²) in [7, 11) is 0. The van der Waals surface area contributed by atoms with E-state index < -0.39 is 0 Å². The lowest BCUT2D eigenvalue weighted by atomic mass is 10.1. The monoisotopic (exact) mass is 312 g/mol. The predicted molar refractivity (Wildman–Crippen MR) is 62.9 cm³/mol. The van der Waals surface area contributed by atoms with Gasteiger partial charge in [-0.25, -0.2) is 9.97 Å². The molecule has 70 valence electrons. The van der Waals surface area contributed by atoms with Crippen LogP contribution in [0.1, 0.15) is 0 Å². The van der Waals surface area contributed by atoms with E-state index in [1.54, 1.807) is 6.20 Å². The number of nitrogens with zero attached hydrogens (tertiary/aromatic N) is 2. The van der Waals surface area contributed by atoms with E-state index >= 15 is 0 Å². The molecule has 0 aliphatic rings. The molecule has 0 saturated heterocycles. The Kier molecular flexibility index (Phi) is 2.93. The fourth-order valence-corrected chi connectivity index (χ4v) is 1.73. The molecule has 0 saturated carbocycles. The molecule has 0 atom stereocenters. The molecule has 0 unspecified atom stereocenters. The van der Waals surface area contributed by atoms with Crippen LogP contribution in [-0.2, 0) is 0 Å². The molecule has 4 heteroatoms.